The summed E-state index contributed by atoms with van der Waals surface area (Å²) < 4.78 is 7.02. The first kappa shape index (κ1) is 14.2. The van der Waals surface area contributed by atoms with Crippen LogP contribution in [-0.4, -0.2) is 34.2 Å². The molecule has 17 heavy (non-hydrogen) atoms. The number of ether oxygens (including phenoxy) is 1. The van der Waals surface area contributed by atoms with Crippen molar-refractivity contribution in [2.75, 3.05) is 13.7 Å². The van der Waals surface area contributed by atoms with Gasteiger partial charge in [-0.1, -0.05) is 13.8 Å². The normalized spacial score (nSPS) is 15.5. The summed E-state index contributed by atoms with van der Waals surface area (Å²) in [6.45, 7) is 8.50. The van der Waals surface area contributed by atoms with Crippen LogP contribution in [0.3, 0.4) is 0 Å². The molecule has 0 bridgehead atoms. The highest BCUT2D eigenvalue weighted by Crippen LogP contribution is 2.22. The molecule has 4 nitrogen and oxygen atoms in total. The second-order valence-corrected chi connectivity index (χ2v) is 5.25. The van der Waals surface area contributed by atoms with Crippen molar-refractivity contribution < 1.29 is 9.84 Å². The SMILES string of the molecule is COCC(O)(Cc1ccn(C(C)C)n1)C(C)C. The Labute approximate surface area is 104 Å². The molecule has 1 aromatic heterocycles. The van der Waals surface area contributed by atoms with Crippen LogP contribution in [0.5, 0.6) is 0 Å². The number of nitrogens with zero attached hydrogens (tertiary/aromatic N) is 2. The summed E-state index contributed by atoms with van der Waals surface area (Å²) in [5.74, 6) is 0.131. The number of aliphatic hydroxyl groups is 1. The fourth-order valence-electron chi connectivity index (χ4n) is 1.74. The standard InChI is InChI=1S/C13H24N2O2/c1-10(2)13(16,9-17-5)8-12-6-7-15(14-12)11(3)4/h6-7,10-11,16H,8-9H2,1-5H3. The molecule has 1 unspecified atom stereocenters. The molecule has 1 atom stereocenters. The quantitative estimate of drug-likeness (QED) is 0.827. The Morgan fingerprint density at radius 2 is 2.06 bits per heavy atom. The van der Waals surface area contributed by atoms with E-state index in [2.05, 4.69) is 18.9 Å². The van der Waals surface area contributed by atoms with E-state index in [4.69, 9.17) is 4.74 Å². The lowest BCUT2D eigenvalue weighted by Crippen LogP contribution is -2.42. The second kappa shape index (κ2) is 5.65. The highest BCUT2D eigenvalue weighted by Gasteiger charge is 2.32. The van der Waals surface area contributed by atoms with E-state index in [1.165, 1.54) is 0 Å². The van der Waals surface area contributed by atoms with E-state index >= 15 is 0 Å². The molecule has 1 aromatic rings. The maximum absolute atomic E-state index is 10.5. The molecule has 1 heterocycles. The lowest BCUT2D eigenvalue weighted by atomic mass is 9.87. The predicted octanol–water partition coefficient (Wildman–Crippen LogP) is 2.04. The van der Waals surface area contributed by atoms with Crippen molar-refractivity contribution in [1.82, 2.24) is 9.78 Å². The Hall–Kier alpha value is -0.870. The molecule has 0 fully saturated rings. The summed E-state index contributed by atoms with van der Waals surface area (Å²) >= 11 is 0. The van der Waals surface area contributed by atoms with Crippen molar-refractivity contribution >= 4 is 0 Å². The monoisotopic (exact) mass is 240 g/mol. The van der Waals surface area contributed by atoms with Gasteiger partial charge in [-0.15, -0.1) is 0 Å². The average molecular weight is 240 g/mol. The van der Waals surface area contributed by atoms with Gasteiger partial charge in [0.1, 0.15) is 0 Å². The van der Waals surface area contributed by atoms with Crippen molar-refractivity contribution in [2.45, 2.75) is 45.8 Å². The predicted molar refractivity (Wildman–Crippen MR) is 68.0 cm³/mol. The molecule has 0 aliphatic rings. The smallest absolute Gasteiger partial charge is 0.0958 e. The van der Waals surface area contributed by atoms with Crippen LogP contribution in [0.25, 0.3) is 0 Å². The third kappa shape index (κ3) is 3.54. The number of hydrogen-bond acceptors (Lipinski definition) is 3. The van der Waals surface area contributed by atoms with Gasteiger partial charge >= 0.3 is 0 Å². The molecule has 0 aliphatic heterocycles. The van der Waals surface area contributed by atoms with Crippen LogP contribution in [0.1, 0.15) is 39.4 Å². The van der Waals surface area contributed by atoms with Gasteiger partial charge in [-0.25, -0.2) is 0 Å². The average Bonchev–Trinajstić information content (AvgIpc) is 2.66. The van der Waals surface area contributed by atoms with Crippen molar-refractivity contribution in [1.29, 1.82) is 0 Å². The first-order valence-electron chi connectivity index (χ1n) is 6.14. The van der Waals surface area contributed by atoms with Gasteiger partial charge in [-0.05, 0) is 25.8 Å². The summed E-state index contributed by atoms with van der Waals surface area (Å²) in [6, 6.07) is 2.31. The lowest BCUT2D eigenvalue weighted by molar-refractivity contribution is -0.0644. The molecule has 98 valence electrons. The van der Waals surface area contributed by atoms with Gasteiger partial charge in [0.05, 0.1) is 17.9 Å². The minimum Gasteiger partial charge on any atom is -0.387 e. The molecule has 0 amide bonds. The molecule has 0 saturated carbocycles. The van der Waals surface area contributed by atoms with Crippen molar-refractivity contribution in [3.8, 4) is 0 Å². The van der Waals surface area contributed by atoms with Crippen LogP contribution in [0.15, 0.2) is 12.3 Å². The Balaban J connectivity index is 2.79. The van der Waals surface area contributed by atoms with Crippen LogP contribution in [0.4, 0.5) is 0 Å². The summed E-state index contributed by atoms with van der Waals surface area (Å²) in [7, 11) is 1.61. The van der Waals surface area contributed by atoms with Crippen molar-refractivity contribution in [3.05, 3.63) is 18.0 Å². The van der Waals surface area contributed by atoms with E-state index in [1.807, 2.05) is 30.8 Å². The van der Waals surface area contributed by atoms with Gasteiger partial charge in [-0.2, -0.15) is 5.10 Å². The molecule has 0 spiro atoms. The van der Waals surface area contributed by atoms with Gasteiger partial charge in [0.2, 0.25) is 0 Å². The van der Waals surface area contributed by atoms with Crippen LogP contribution < -0.4 is 0 Å². The Bertz CT molecular complexity index is 347. The van der Waals surface area contributed by atoms with E-state index in [9.17, 15) is 5.11 Å². The highest BCUT2D eigenvalue weighted by atomic mass is 16.5. The summed E-state index contributed by atoms with van der Waals surface area (Å²) in [6.07, 6.45) is 2.48. The zero-order valence-electron chi connectivity index (χ0n) is 11.5. The van der Waals surface area contributed by atoms with E-state index < -0.39 is 5.60 Å². The molecule has 0 aliphatic carbocycles. The third-order valence-corrected chi connectivity index (χ3v) is 3.15. The summed E-state index contributed by atoms with van der Waals surface area (Å²) in [5, 5.41) is 15.0. The number of hydrogen-bond donors (Lipinski definition) is 1. The lowest BCUT2D eigenvalue weighted by Gasteiger charge is -2.30. The molecule has 0 aromatic carbocycles. The molecule has 0 saturated heterocycles. The summed E-state index contributed by atoms with van der Waals surface area (Å²) in [5.41, 5.74) is 0.0669. The van der Waals surface area contributed by atoms with Gasteiger partial charge in [0.15, 0.2) is 0 Å². The zero-order valence-corrected chi connectivity index (χ0v) is 11.5. The maximum atomic E-state index is 10.5. The minimum atomic E-state index is -0.842. The largest absolute Gasteiger partial charge is 0.387 e. The summed E-state index contributed by atoms with van der Waals surface area (Å²) in [4.78, 5) is 0. The fraction of sp³-hybridized carbons (Fsp3) is 0.769. The Morgan fingerprint density at radius 1 is 1.41 bits per heavy atom. The van der Waals surface area contributed by atoms with Crippen LogP contribution in [0.2, 0.25) is 0 Å². The number of rotatable bonds is 6. The van der Waals surface area contributed by atoms with Gasteiger partial charge in [0, 0.05) is 25.8 Å². The van der Waals surface area contributed by atoms with Crippen molar-refractivity contribution in [2.24, 2.45) is 5.92 Å². The van der Waals surface area contributed by atoms with Crippen LogP contribution >= 0.6 is 0 Å². The van der Waals surface area contributed by atoms with Crippen LogP contribution in [0, 0.1) is 5.92 Å². The van der Waals surface area contributed by atoms with E-state index in [0.29, 0.717) is 19.1 Å². The number of aromatic nitrogens is 2. The second-order valence-electron chi connectivity index (χ2n) is 5.25. The Morgan fingerprint density at radius 3 is 2.47 bits per heavy atom. The Kier molecular flexibility index (Phi) is 4.71. The van der Waals surface area contributed by atoms with Gasteiger partial charge in [0.25, 0.3) is 0 Å². The van der Waals surface area contributed by atoms with E-state index in [-0.39, 0.29) is 5.92 Å². The fourth-order valence-corrected chi connectivity index (χ4v) is 1.74. The molecule has 4 heteroatoms. The van der Waals surface area contributed by atoms with Gasteiger partial charge in [-0.3, -0.25) is 4.68 Å². The molecule has 0 radical (unpaired) electrons. The van der Waals surface area contributed by atoms with Crippen molar-refractivity contribution in [3.63, 3.8) is 0 Å². The minimum absolute atomic E-state index is 0.131. The topological polar surface area (TPSA) is 47.3 Å². The molecular weight excluding hydrogens is 216 g/mol. The highest BCUT2D eigenvalue weighted by molar-refractivity contribution is 5.05. The first-order valence-corrected chi connectivity index (χ1v) is 6.14. The first-order chi connectivity index (χ1) is 7.89. The maximum Gasteiger partial charge on any atom is 0.0958 e. The molecule has 1 N–H and O–H groups in total. The van der Waals surface area contributed by atoms with E-state index in [0.717, 1.165) is 5.69 Å². The third-order valence-electron chi connectivity index (χ3n) is 3.15. The van der Waals surface area contributed by atoms with Gasteiger partial charge < -0.3 is 9.84 Å². The molecule has 1 rings (SSSR count). The van der Waals surface area contributed by atoms with E-state index in [1.54, 1.807) is 7.11 Å². The zero-order chi connectivity index (χ0) is 13.1. The van der Waals surface area contributed by atoms with Crippen LogP contribution in [-0.2, 0) is 11.2 Å². The number of methoxy groups -OCH3 is 1. The molecular formula is C13H24N2O2.